The number of halogens is 3. The minimum Gasteiger partial charge on any atom is -0.355 e. The van der Waals surface area contributed by atoms with Gasteiger partial charge in [0.05, 0.1) is 5.56 Å². The minimum absolute atomic E-state index is 0. The summed E-state index contributed by atoms with van der Waals surface area (Å²) >= 11 is 0. The van der Waals surface area contributed by atoms with Gasteiger partial charge in [0, 0.05) is 31.5 Å². The Labute approximate surface area is 135 Å². The lowest BCUT2D eigenvalue weighted by atomic mass is 10.1. The molecule has 0 heterocycles. The maximum absolute atomic E-state index is 13.4. The number of rotatable bonds is 8. The second-order valence-electron chi connectivity index (χ2n) is 4.81. The zero-order valence-electron chi connectivity index (χ0n) is 12.6. The molecule has 0 aliphatic heterocycles. The van der Waals surface area contributed by atoms with E-state index in [1.807, 2.05) is 13.8 Å². The van der Waals surface area contributed by atoms with Crippen LogP contribution in [0.4, 0.5) is 8.78 Å². The molecule has 1 amide bonds. The van der Waals surface area contributed by atoms with Crippen LogP contribution in [0.2, 0.25) is 0 Å². The van der Waals surface area contributed by atoms with E-state index < -0.39 is 17.4 Å². The number of benzene rings is 1. The van der Waals surface area contributed by atoms with Crippen LogP contribution in [-0.4, -0.2) is 30.8 Å². The fraction of sp³-hybridized carbons (Fsp3) is 0.467. The Balaban J connectivity index is 0.00000441. The molecule has 0 bridgehead atoms. The summed E-state index contributed by atoms with van der Waals surface area (Å²) in [6.07, 6.45) is -0.127. The maximum Gasteiger partial charge on any atom is 0.220 e. The number of nitrogens with one attached hydrogen (secondary N) is 2. The number of ketones is 1. The van der Waals surface area contributed by atoms with Crippen LogP contribution in [0.5, 0.6) is 0 Å². The molecule has 0 unspecified atom stereocenters. The zero-order chi connectivity index (χ0) is 15.8. The summed E-state index contributed by atoms with van der Waals surface area (Å²) in [6.45, 7) is 5.17. The fourth-order valence-electron chi connectivity index (χ4n) is 1.85. The second-order valence-corrected chi connectivity index (χ2v) is 4.81. The number of amides is 1. The number of hydrogen-bond acceptors (Lipinski definition) is 3. The fourth-order valence-corrected chi connectivity index (χ4v) is 1.85. The van der Waals surface area contributed by atoms with E-state index >= 15 is 0 Å². The van der Waals surface area contributed by atoms with Gasteiger partial charge in [-0.2, -0.15) is 0 Å². The van der Waals surface area contributed by atoms with Crippen LogP contribution >= 0.6 is 12.4 Å². The number of carbonyl (C=O) groups is 2. The van der Waals surface area contributed by atoms with Crippen LogP contribution < -0.4 is 10.6 Å². The Bertz CT molecular complexity index is 512. The molecule has 22 heavy (non-hydrogen) atoms. The van der Waals surface area contributed by atoms with E-state index in [0.29, 0.717) is 12.6 Å². The van der Waals surface area contributed by atoms with Gasteiger partial charge in [0.15, 0.2) is 5.78 Å². The summed E-state index contributed by atoms with van der Waals surface area (Å²) in [5.41, 5.74) is -0.190. The molecule has 0 aromatic heterocycles. The highest BCUT2D eigenvalue weighted by atomic mass is 35.5. The molecule has 0 aliphatic carbocycles. The Morgan fingerprint density at radius 3 is 2.50 bits per heavy atom. The molecule has 1 aromatic carbocycles. The topological polar surface area (TPSA) is 58.2 Å². The average molecular weight is 335 g/mol. The van der Waals surface area contributed by atoms with Gasteiger partial charge >= 0.3 is 0 Å². The van der Waals surface area contributed by atoms with Crippen molar-refractivity contribution in [3.8, 4) is 0 Å². The van der Waals surface area contributed by atoms with E-state index in [4.69, 9.17) is 0 Å². The number of carbonyl (C=O) groups excluding carboxylic acids is 2. The van der Waals surface area contributed by atoms with E-state index in [1.54, 1.807) is 0 Å². The normalized spacial score (nSPS) is 11.5. The van der Waals surface area contributed by atoms with Gasteiger partial charge in [-0.05, 0) is 25.6 Å². The predicted molar refractivity (Wildman–Crippen MR) is 83.3 cm³/mol. The second kappa shape index (κ2) is 10.2. The lowest BCUT2D eigenvalue weighted by molar-refractivity contribution is -0.121. The summed E-state index contributed by atoms with van der Waals surface area (Å²) in [5, 5.41) is 5.83. The third kappa shape index (κ3) is 6.95. The molecule has 4 nitrogen and oxygen atoms in total. The molecule has 2 N–H and O–H groups in total. The highest BCUT2D eigenvalue weighted by molar-refractivity contribution is 5.98. The van der Waals surface area contributed by atoms with Gasteiger partial charge in [-0.3, -0.25) is 9.59 Å². The van der Waals surface area contributed by atoms with Crippen LogP contribution in [0.1, 0.15) is 37.0 Å². The summed E-state index contributed by atoms with van der Waals surface area (Å²) in [5.74, 6) is -2.42. The Morgan fingerprint density at radius 2 is 1.91 bits per heavy atom. The Hall–Kier alpha value is -1.53. The van der Waals surface area contributed by atoms with Gasteiger partial charge in [0.2, 0.25) is 5.91 Å². The first-order valence-electron chi connectivity index (χ1n) is 6.92. The van der Waals surface area contributed by atoms with Crippen molar-refractivity contribution < 1.29 is 18.4 Å². The lowest BCUT2D eigenvalue weighted by Crippen LogP contribution is -2.38. The van der Waals surface area contributed by atoms with Gasteiger partial charge < -0.3 is 10.6 Å². The van der Waals surface area contributed by atoms with Crippen LogP contribution in [0.15, 0.2) is 18.2 Å². The summed E-state index contributed by atoms with van der Waals surface area (Å²) in [7, 11) is 0. The summed E-state index contributed by atoms with van der Waals surface area (Å²) in [6, 6.07) is 2.92. The van der Waals surface area contributed by atoms with Crippen LogP contribution in [0.25, 0.3) is 0 Å². The first-order valence-corrected chi connectivity index (χ1v) is 6.92. The molecule has 1 aromatic rings. The van der Waals surface area contributed by atoms with E-state index in [1.165, 1.54) is 0 Å². The van der Waals surface area contributed by atoms with Gasteiger partial charge in [0.25, 0.3) is 0 Å². The smallest absolute Gasteiger partial charge is 0.220 e. The molecule has 0 radical (unpaired) electrons. The van der Waals surface area contributed by atoms with Crippen molar-refractivity contribution in [1.29, 1.82) is 0 Å². The average Bonchev–Trinajstić information content (AvgIpc) is 2.43. The molecule has 1 atom stereocenters. The Morgan fingerprint density at radius 1 is 1.23 bits per heavy atom. The van der Waals surface area contributed by atoms with Gasteiger partial charge in [-0.25, -0.2) is 8.78 Å². The van der Waals surface area contributed by atoms with Crippen molar-refractivity contribution in [2.75, 3.05) is 13.1 Å². The monoisotopic (exact) mass is 334 g/mol. The van der Waals surface area contributed by atoms with Crippen LogP contribution in [0.3, 0.4) is 0 Å². The molecule has 7 heteroatoms. The zero-order valence-corrected chi connectivity index (χ0v) is 13.4. The molecule has 0 fully saturated rings. The maximum atomic E-state index is 13.4. The van der Waals surface area contributed by atoms with E-state index in [0.717, 1.165) is 18.7 Å². The number of Topliss-reactive ketones (excluding diaryl/α,β-unsaturated/α-hetero) is 1. The third-order valence-corrected chi connectivity index (χ3v) is 2.97. The first-order chi connectivity index (χ1) is 9.93. The third-order valence-electron chi connectivity index (χ3n) is 2.97. The van der Waals surface area contributed by atoms with Crippen molar-refractivity contribution in [3.05, 3.63) is 35.4 Å². The standard InChI is InChI=1S/C15H20F2N2O2.ClH/c1-3-18-10(2)9-19-15(21)7-6-14(20)12-5-4-11(16)8-13(12)17;/h4-5,8,10,18H,3,6-7,9H2,1-2H3,(H,19,21);1H/t10-;/m1./s1. The van der Waals surface area contributed by atoms with Crippen molar-refractivity contribution in [2.24, 2.45) is 0 Å². The Kier molecular flexibility index (Phi) is 9.53. The first kappa shape index (κ1) is 20.5. The van der Waals surface area contributed by atoms with Crippen molar-refractivity contribution in [2.45, 2.75) is 32.7 Å². The van der Waals surface area contributed by atoms with Gasteiger partial charge in [-0.1, -0.05) is 6.92 Å². The van der Waals surface area contributed by atoms with Crippen molar-refractivity contribution >= 4 is 24.1 Å². The van der Waals surface area contributed by atoms with E-state index in [9.17, 15) is 18.4 Å². The summed E-state index contributed by atoms with van der Waals surface area (Å²) < 4.78 is 26.1. The molecule has 124 valence electrons. The van der Waals surface area contributed by atoms with E-state index in [2.05, 4.69) is 10.6 Å². The SMILES string of the molecule is CCN[C@H](C)CNC(=O)CCC(=O)c1ccc(F)cc1F.Cl. The highest BCUT2D eigenvalue weighted by Crippen LogP contribution is 2.12. The number of hydrogen-bond donors (Lipinski definition) is 2. The lowest BCUT2D eigenvalue weighted by Gasteiger charge is -2.13. The summed E-state index contributed by atoms with van der Waals surface area (Å²) in [4.78, 5) is 23.3. The highest BCUT2D eigenvalue weighted by Gasteiger charge is 2.14. The predicted octanol–water partition coefficient (Wildman–Crippen LogP) is 2.46. The molecular weight excluding hydrogens is 314 g/mol. The quantitative estimate of drug-likeness (QED) is 0.718. The molecule has 0 saturated carbocycles. The van der Waals surface area contributed by atoms with Gasteiger partial charge in [0.1, 0.15) is 11.6 Å². The molecule has 0 saturated heterocycles. The molecular formula is C15H21ClF2N2O2. The van der Waals surface area contributed by atoms with Crippen LogP contribution in [-0.2, 0) is 4.79 Å². The van der Waals surface area contributed by atoms with Gasteiger partial charge in [-0.15, -0.1) is 12.4 Å². The largest absolute Gasteiger partial charge is 0.355 e. The molecule has 0 aliphatic rings. The van der Waals surface area contributed by atoms with Crippen molar-refractivity contribution in [1.82, 2.24) is 10.6 Å². The van der Waals surface area contributed by atoms with E-state index in [-0.39, 0.29) is 42.8 Å². The molecule has 1 rings (SSSR count). The van der Waals surface area contributed by atoms with Crippen molar-refractivity contribution in [3.63, 3.8) is 0 Å². The number of likely N-dealkylation sites (N-methyl/N-ethyl adjacent to an activating group) is 1. The van der Waals surface area contributed by atoms with Crippen LogP contribution in [0, 0.1) is 11.6 Å². The minimum atomic E-state index is -0.902. The molecule has 0 spiro atoms.